The van der Waals surface area contributed by atoms with Gasteiger partial charge in [-0.15, -0.1) is 0 Å². The number of piperidine rings is 1. The molecule has 1 unspecified atom stereocenters. The highest BCUT2D eigenvalue weighted by Gasteiger charge is 2.49. The van der Waals surface area contributed by atoms with Crippen LogP contribution in [0.3, 0.4) is 0 Å². The second kappa shape index (κ2) is 5.60. The van der Waals surface area contributed by atoms with E-state index in [-0.39, 0.29) is 23.3 Å². The maximum absolute atomic E-state index is 12.5. The maximum Gasteiger partial charge on any atom is 0.272 e. The Bertz CT molecular complexity index is 610. The van der Waals surface area contributed by atoms with Gasteiger partial charge in [0, 0.05) is 38.9 Å². The first-order chi connectivity index (χ1) is 11.2. The number of carbonyl (C=O) groups excluding carboxylic acids is 2. The van der Waals surface area contributed by atoms with Crippen molar-refractivity contribution < 1.29 is 9.59 Å². The number of rotatable bonds is 1. The summed E-state index contributed by atoms with van der Waals surface area (Å²) in [6, 6.07) is 5.48. The van der Waals surface area contributed by atoms with Crippen molar-refractivity contribution in [1.82, 2.24) is 20.1 Å². The van der Waals surface area contributed by atoms with Gasteiger partial charge in [0.1, 0.15) is 5.69 Å². The van der Waals surface area contributed by atoms with Gasteiger partial charge in [0.2, 0.25) is 5.91 Å². The second-order valence-electron chi connectivity index (χ2n) is 6.99. The van der Waals surface area contributed by atoms with Gasteiger partial charge in [0.05, 0.1) is 6.04 Å². The number of fused-ring (bicyclic) bond motifs is 1. The van der Waals surface area contributed by atoms with E-state index < -0.39 is 0 Å². The summed E-state index contributed by atoms with van der Waals surface area (Å²) in [7, 11) is 0. The van der Waals surface area contributed by atoms with Gasteiger partial charge in [-0.3, -0.25) is 19.5 Å². The average molecular weight is 314 g/mol. The van der Waals surface area contributed by atoms with Crippen LogP contribution in [0.25, 0.3) is 0 Å². The third kappa shape index (κ3) is 2.61. The number of hydrogen-bond donors (Lipinski definition) is 1. The molecule has 4 heterocycles. The molecule has 1 aromatic heterocycles. The molecule has 0 radical (unpaired) electrons. The average Bonchev–Trinajstić information content (AvgIpc) is 2.95. The smallest absolute Gasteiger partial charge is 0.272 e. The van der Waals surface area contributed by atoms with E-state index in [1.165, 1.54) is 0 Å². The summed E-state index contributed by atoms with van der Waals surface area (Å²) in [6.07, 6.45) is 4.55. The lowest BCUT2D eigenvalue weighted by atomic mass is 9.76. The van der Waals surface area contributed by atoms with Crippen molar-refractivity contribution >= 4 is 11.8 Å². The molecule has 1 aromatic rings. The first-order valence-corrected chi connectivity index (χ1v) is 8.39. The number of carbonyl (C=O) groups is 2. The molecule has 3 aliphatic heterocycles. The number of nitrogens with one attached hydrogen (secondary N) is 1. The van der Waals surface area contributed by atoms with Crippen LogP contribution in [0.1, 0.15) is 29.8 Å². The molecule has 0 aliphatic carbocycles. The Balaban J connectivity index is 1.41. The molecule has 3 fully saturated rings. The molecule has 4 rings (SSSR count). The van der Waals surface area contributed by atoms with E-state index in [1.54, 1.807) is 12.3 Å². The summed E-state index contributed by atoms with van der Waals surface area (Å²) >= 11 is 0. The highest BCUT2D eigenvalue weighted by molar-refractivity contribution is 5.92. The van der Waals surface area contributed by atoms with Crippen molar-refractivity contribution in [3.63, 3.8) is 0 Å². The van der Waals surface area contributed by atoms with Crippen LogP contribution in [0.15, 0.2) is 24.4 Å². The molecule has 1 atom stereocenters. The summed E-state index contributed by atoms with van der Waals surface area (Å²) in [6.45, 7) is 4.23. The maximum atomic E-state index is 12.5. The molecular weight excluding hydrogens is 292 g/mol. The van der Waals surface area contributed by atoms with Crippen molar-refractivity contribution in [2.24, 2.45) is 5.41 Å². The Morgan fingerprint density at radius 1 is 1.26 bits per heavy atom. The predicted octanol–water partition coefficient (Wildman–Crippen LogP) is 0.508. The number of aromatic nitrogens is 1. The van der Waals surface area contributed by atoms with Gasteiger partial charge in [-0.1, -0.05) is 6.07 Å². The molecule has 0 aromatic carbocycles. The minimum atomic E-state index is 0.0221. The Morgan fingerprint density at radius 3 is 2.78 bits per heavy atom. The van der Waals surface area contributed by atoms with E-state index in [9.17, 15) is 9.59 Å². The molecule has 122 valence electrons. The molecule has 6 nitrogen and oxygen atoms in total. The number of piperazine rings is 1. The van der Waals surface area contributed by atoms with Crippen LogP contribution in [0.4, 0.5) is 0 Å². The van der Waals surface area contributed by atoms with Crippen LogP contribution in [-0.2, 0) is 4.79 Å². The summed E-state index contributed by atoms with van der Waals surface area (Å²) in [5.41, 5.74) is 0.722. The lowest BCUT2D eigenvalue weighted by Crippen LogP contribution is -2.52. The normalized spacial score (nSPS) is 26.9. The van der Waals surface area contributed by atoms with Gasteiger partial charge in [0.15, 0.2) is 0 Å². The molecule has 6 heteroatoms. The molecule has 0 bridgehead atoms. The van der Waals surface area contributed by atoms with Gasteiger partial charge in [-0.05, 0) is 36.8 Å². The third-order valence-corrected chi connectivity index (χ3v) is 5.60. The minimum Gasteiger partial charge on any atom is -0.353 e. The first kappa shape index (κ1) is 14.6. The largest absolute Gasteiger partial charge is 0.353 e. The summed E-state index contributed by atoms with van der Waals surface area (Å²) in [4.78, 5) is 32.9. The topological polar surface area (TPSA) is 65.5 Å². The Kier molecular flexibility index (Phi) is 3.56. The van der Waals surface area contributed by atoms with Crippen molar-refractivity contribution in [2.45, 2.75) is 25.3 Å². The Labute approximate surface area is 135 Å². The van der Waals surface area contributed by atoms with E-state index in [0.717, 1.165) is 52.0 Å². The van der Waals surface area contributed by atoms with Crippen LogP contribution in [0.5, 0.6) is 0 Å². The fourth-order valence-corrected chi connectivity index (χ4v) is 4.28. The van der Waals surface area contributed by atoms with Gasteiger partial charge in [-0.25, -0.2) is 0 Å². The fourth-order valence-electron chi connectivity index (χ4n) is 4.28. The highest BCUT2D eigenvalue weighted by Crippen LogP contribution is 2.43. The molecule has 1 N–H and O–H groups in total. The minimum absolute atomic E-state index is 0.0221. The van der Waals surface area contributed by atoms with Crippen LogP contribution in [0.2, 0.25) is 0 Å². The zero-order valence-corrected chi connectivity index (χ0v) is 13.2. The number of hydrogen-bond acceptors (Lipinski definition) is 4. The predicted molar refractivity (Wildman–Crippen MR) is 84.8 cm³/mol. The van der Waals surface area contributed by atoms with E-state index in [2.05, 4.69) is 15.2 Å². The van der Waals surface area contributed by atoms with Crippen molar-refractivity contribution in [3.05, 3.63) is 30.1 Å². The van der Waals surface area contributed by atoms with Gasteiger partial charge < -0.3 is 10.2 Å². The van der Waals surface area contributed by atoms with Gasteiger partial charge in [-0.2, -0.15) is 0 Å². The van der Waals surface area contributed by atoms with Crippen LogP contribution in [0, 0.1) is 5.41 Å². The summed E-state index contributed by atoms with van der Waals surface area (Å²) < 4.78 is 0. The van der Waals surface area contributed by atoms with Gasteiger partial charge in [0.25, 0.3) is 5.91 Å². The Morgan fingerprint density at radius 2 is 2.09 bits per heavy atom. The third-order valence-electron chi connectivity index (χ3n) is 5.60. The van der Waals surface area contributed by atoms with Gasteiger partial charge >= 0.3 is 0 Å². The van der Waals surface area contributed by atoms with E-state index >= 15 is 0 Å². The zero-order valence-electron chi connectivity index (χ0n) is 13.2. The van der Waals surface area contributed by atoms with E-state index in [0.29, 0.717) is 5.69 Å². The van der Waals surface area contributed by atoms with Crippen molar-refractivity contribution in [3.8, 4) is 0 Å². The van der Waals surface area contributed by atoms with Crippen LogP contribution < -0.4 is 5.32 Å². The molecule has 23 heavy (non-hydrogen) atoms. The molecule has 3 saturated heterocycles. The molecule has 2 amide bonds. The number of likely N-dealkylation sites (tertiary alicyclic amines) is 1. The fraction of sp³-hybridized carbons (Fsp3) is 0.588. The lowest BCUT2D eigenvalue weighted by molar-refractivity contribution is -0.127. The number of amides is 2. The molecule has 1 spiro atoms. The van der Waals surface area contributed by atoms with E-state index in [1.807, 2.05) is 17.0 Å². The summed E-state index contributed by atoms with van der Waals surface area (Å²) in [5, 5.41) is 2.97. The molecule has 0 saturated carbocycles. The lowest BCUT2D eigenvalue weighted by Gasteiger charge is -2.39. The second-order valence-corrected chi connectivity index (χ2v) is 6.99. The van der Waals surface area contributed by atoms with Crippen molar-refractivity contribution in [2.75, 3.05) is 32.7 Å². The SMILES string of the molecule is O=C1NCCN2CC3(CCN(C(=O)c4ccccn4)CC3)CC12. The summed E-state index contributed by atoms with van der Waals surface area (Å²) in [5.74, 6) is 0.203. The Hall–Kier alpha value is -1.95. The zero-order chi connectivity index (χ0) is 15.9. The quantitative estimate of drug-likeness (QED) is 0.820. The monoisotopic (exact) mass is 314 g/mol. The van der Waals surface area contributed by atoms with E-state index in [4.69, 9.17) is 0 Å². The standard InChI is InChI=1S/C17H22N4O2/c22-15-14-11-17(12-21(14)10-7-19-15)4-8-20(9-5-17)16(23)13-3-1-2-6-18-13/h1-3,6,14H,4-5,7-12H2,(H,19,22). The molecule has 3 aliphatic rings. The molecular formula is C17H22N4O2. The number of pyridine rings is 1. The van der Waals surface area contributed by atoms with Crippen LogP contribution in [-0.4, -0.2) is 65.4 Å². The van der Waals surface area contributed by atoms with Crippen LogP contribution >= 0.6 is 0 Å². The number of nitrogens with zero attached hydrogens (tertiary/aromatic N) is 3. The highest BCUT2D eigenvalue weighted by atomic mass is 16.2. The van der Waals surface area contributed by atoms with Crippen molar-refractivity contribution in [1.29, 1.82) is 0 Å². The first-order valence-electron chi connectivity index (χ1n) is 8.39.